The number of ether oxygens (including phenoxy) is 1. The van der Waals surface area contributed by atoms with Gasteiger partial charge < -0.3 is 15.8 Å². The number of anilines is 1. The predicted octanol–water partition coefficient (Wildman–Crippen LogP) is 5.89. The highest BCUT2D eigenvalue weighted by atomic mass is 32.1. The van der Waals surface area contributed by atoms with E-state index in [2.05, 4.69) is 37.1 Å². The molecule has 2 aromatic rings. The molecule has 2 rings (SSSR count). The van der Waals surface area contributed by atoms with Gasteiger partial charge in [-0.1, -0.05) is 63.8 Å². The number of thiazole rings is 1. The number of unbranched alkanes of at least 4 members (excludes halogenated alkanes) is 1. The van der Waals surface area contributed by atoms with Crippen molar-refractivity contribution in [2.45, 2.75) is 59.8 Å². The first-order chi connectivity index (χ1) is 14.4. The average Bonchev–Trinajstić information content (AvgIpc) is 3.21. The summed E-state index contributed by atoms with van der Waals surface area (Å²) in [6.07, 6.45) is 6.64. The van der Waals surface area contributed by atoms with Crippen LogP contribution >= 0.6 is 11.3 Å². The molecule has 1 heterocycles. The van der Waals surface area contributed by atoms with Crippen molar-refractivity contribution in [2.75, 3.05) is 25.6 Å². The molecule has 0 spiro atoms. The van der Waals surface area contributed by atoms with Gasteiger partial charge in [-0.25, -0.2) is 4.98 Å². The van der Waals surface area contributed by atoms with Crippen LogP contribution in [0.25, 0.3) is 11.3 Å². The van der Waals surface area contributed by atoms with Crippen LogP contribution in [0.15, 0.2) is 29.6 Å². The van der Waals surface area contributed by atoms with Crippen molar-refractivity contribution in [3.05, 3.63) is 35.2 Å². The summed E-state index contributed by atoms with van der Waals surface area (Å²) in [4.78, 5) is 15.5. The molecule has 0 aliphatic carbocycles. The number of amides is 1. The second-order valence-electron chi connectivity index (χ2n) is 7.87. The Kier molecular flexibility index (Phi) is 13.2. The quantitative estimate of drug-likeness (QED) is 0.463. The summed E-state index contributed by atoms with van der Waals surface area (Å²) in [6, 6.07) is 8.08. The van der Waals surface area contributed by atoms with Gasteiger partial charge in [0.25, 0.3) is 0 Å². The van der Waals surface area contributed by atoms with Crippen molar-refractivity contribution in [1.82, 2.24) is 4.98 Å². The van der Waals surface area contributed by atoms with Gasteiger partial charge in [0.05, 0.1) is 12.2 Å². The van der Waals surface area contributed by atoms with Crippen LogP contribution in [0.5, 0.6) is 0 Å². The summed E-state index contributed by atoms with van der Waals surface area (Å²) in [7, 11) is 1.82. The minimum Gasteiger partial charge on any atom is -0.384 e. The number of carbonyl (C=O) groups excluding carboxylic acids is 1. The van der Waals surface area contributed by atoms with Gasteiger partial charge in [-0.15, -0.1) is 11.3 Å². The molecule has 0 aliphatic rings. The molecule has 0 aliphatic heterocycles. The highest BCUT2D eigenvalue weighted by Gasteiger charge is 2.11. The second-order valence-corrected chi connectivity index (χ2v) is 8.73. The SMILES string of the molecule is CCCCC(COC)CC(C)CC.Cc1cccc(-c2csc(NC(=O)CN)n2)c1. The zero-order valence-electron chi connectivity index (χ0n) is 19.2. The summed E-state index contributed by atoms with van der Waals surface area (Å²) in [6.45, 7) is 9.83. The Balaban J connectivity index is 0.000000314. The number of carbonyl (C=O) groups is 1. The van der Waals surface area contributed by atoms with Crippen molar-refractivity contribution >= 4 is 22.4 Å². The van der Waals surface area contributed by atoms with Gasteiger partial charge in [0.15, 0.2) is 5.13 Å². The minimum atomic E-state index is -0.227. The number of rotatable bonds is 11. The van der Waals surface area contributed by atoms with Crippen molar-refractivity contribution in [2.24, 2.45) is 17.6 Å². The maximum atomic E-state index is 11.1. The van der Waals surface area contributed by atoms with Gasteiger partial charge in [0.1, 0.15) is 0 Å². The van der Waals surface area contributed by atoms with Crippen molar-refractivity contribution in [3.8, 4) is 11.3 Å². The first-order valence-electron chi connectivity index (χ1n) is 10.9. The van der Waals surface area contributed by atoms with E-state index in [1.807, 2.05) is 37.6 Å². The highest BCUT2D eigenvalue weighted by molar-refractivity contribution is 7.14. The first-order valence-corrected chi connectivity index (χ1v) is 11.8. The molecule has 2 atom stereocenters. The number of aromatic nitrogens is 1. The summed E-state index contributed by atoms with van der Waals surface area (Å²) in [5, 5.41) is 5.14. The van der Waals surface area contributed by atoms with Crippen LogP contribution < -0.4 is 11.1 Å². The fraction of sp³-hybridized carbons (Fsp3) is 0.583. The van der Waals surface area contributed by atoms with Gasteiger partial charge in [-0.3, -0.25) is 4.79 Å². The molecule has 2 unspecified atom stereocenters. The minimum absolute atomic E-state index is 0.0284. The number of hydrogen-bond acceptors (Lipinski definition) is 5. The normalized spacial score (nSPS) is 12.6. The van der Waals surface area contributed by atoms with Crippen LogP contribution in [-0.4, -0.2) is 31.2 Å². The van der Waals surface area contributed by atoms with E-state index < -0.39 is 0 Å². The number of hydrogen-bond donors (Lipinski definition) is 2. The molecule has 0 fully saturated rings. The summed E-state index contributed by atoms with van der Waals surface area (Å²) < 4.78 is 5.25. The van der Waals surface area contributed by atoms with E-state index in [-0.39, 0.29) is 12.5 Å². The second kappa shape index (κ2) is 15.1. The third-order valence-corrected chi connectivity index (χ3v) is 5.81. The van der Waals surface area contributed by atoms with Gasteiger partial charge in [0.2, 0.25) is 5.91 Å². The lowest BCUT2D eigenvalue weighted by Gasteiger charge is -2.19. The number of benzene rings is 1. The Hall–Kier alpha value is -1.76. The Morgan fingerprint density at radius 2 is 2.10 bits per heavy atom. The zero-order chi connectivity index (χ0) is 22.4. The standard InChI is InChI=1S/C12H13N3OS.C12H26O/c1-8-3-2-4-9(5-8)10-7-17-12(14-10)15-11(16)6-13;1-5-7-8-12(10-13-4)9-11(3)6-2/h2-5,7H,6,13H2,1H3,(H,14,15,16);11-12H,5-10H2,1-4H3. The fourth-order valence-electron chi connectivity index (χ4n) is 3.17. The molecule has 6 heteroatoms. The molecule has 168 valence electrons. The lowest BCUT2D eigenvalue weighted by Crippen LogP contribution is -2.21. The maximum Gasteiger partial charge on any atom is 0.239 e. The molecule has 0 saturated heterocycles. The van der Waals surface area contributed by atoms with Crippen molar-refractivity contribution < 1.29 is 9.53 Å². The smallest absolute Gasteiger partial charge is 0.239 e. The van der Waals surface area contributed by atoms with E-state index in [1.165, 1.54) is 49.0 Å². The van der Waals surface area contributed by atoms with E-state index in [0.717, 1.165) is 29.7 Å². The van der Waals surface area contributed by atoms with Gasteiger partial charge in [-0.05, 0) is 37.7 Å². The molecular formula is C24H39N3O2S. The molecular weight excluding hydrogens is 394 g/mol. The van der Waals surface area contributed by atoms with E-state index >= 15 is 0 Å². The Morgan fingerprint density at radius 3 is 2.70 bits per heavy atom. The summed E-state index contributed by atoms with van der Waals surface area (Å²) >= 11 is 1.40. The van der Waals surface area contributed by atoms with Crippen LogP contribution in [-0.2, 0) is 9.53 Å². The van der Waals surface area contributed by atoms with E-state index in [0.29, 0.717) is 5.13 Å². The third kappa shape index (κ3) is 10.3. The van der Waals surface area contributed by atoms with Crippen LogP contribution in [0, 0.1) is 18.8 Å². The lowest BCUT2D eigenvalue weighted by atomic mass is 9.91. The molecule has 30 heavy (non-hydrogen) atoms. The molecule has 1 amide bonds. The number of nitrogens with one attached hydrogen (secondary N) is 1. The van der Waals surface area contributed by atoms with E-state index in [9.17, 15) is 4.79 Å². The topological polar surface area (TPSA) is 77.2 Å². The van der Waals surface area contributed by atoms with Crippen molar-refractivity contribution in [3.63, 3.8) is 0 Å². The largest absolute Gasteiger partial charge is 0.384 e. The number of nitrogens with zero attached hydrogens (tertiary/aromatic N) is 1. The molecule has 5 nitrogen and oxygen atoms in total. The summed E-state index contributed by atoms with van der Waals surface area (Å²) in [5.74, 6) is 1.42. The van der Waals surface area contributed by atoms with E-state index in [1.54, 1.807) is 0 Å². The number of aryl methyl sites for hydroxylation is 1. The molecule has 0 saturated carbocycles. The lowest BCUT2D eigenvalue weighted by molar-refractivity contribution is -0.114. The highest BCUT2D eigenvalue weighted by Crippen LogP contribution is 2.25. The van der Waals surface area contributed by atoms with Crippen LogP contribution in [0.2, 0.25) is 0 Å². The number of nitrogens with two attached hydrogens (primary N) is 1. The Bertz CT molecular complexity index is 733. The molecule has 1 aromatic heterocycles. The van der Waals surface area contributed by atoms with Gasteiger partial charge in [0, 0.05) is 24.7 Å². The van der Waals surface area contributed by atoms with Crippen LogP contribution in [0.3, 0.4) is 0 Å². The van der Waals surface area contributed by atoms with Gasteiger partial charge >= 0.3 is 0 Å². The summed E-state index contributed by atoms with van der Waals surface area (Å²) in [5.41, 5.74) is 8.32. The maximum absolute atomic E-state index is 11.1. The monoisotopic (exact) mass is 433 g/mol. The first kappa shape index (κ1) is 26.3. The zero-order valence-corrected chi connectivity index (χ0v) is 20.1. The average molecular weight is 434 g/mol. The van der Waals surface area contributed by atoms with Gasteiger partial charge in [-0.2, -0.15) is 0 Å². The van der Waals surface area contributed by atoms with E-state index in [4.69, 9.17) is 10.5 Å². The van der Waals surface area contributed by atoms with Crippen molar-refractivity contribution in [1.29, 1.82) is 0 Å². The number of methoxy groups -OCH3 is 1. The molecule has 1 aromatic carbocycles. The predicted molar refractivity (Wildman–Crippen MR) is 129 cm³/mol. The Morgan fingerprint density at radius 1 is 1.33 bits per heavy atom. The molecule has 0 bridgehead atoms. The fourth-order valence-corrected chi connectivity index (χ4v) is 3.91. The van der Waals surface area contributed by atoms with Crippen LogP contribution in [0.1, 0.15) is 58.4 Å². The third-order valence-electron chi connectivity index (χ3n) is 5.05. The Labute approximate surface area is 186 Å². The molecule has 0 radical (unpaired) electrons. The molecule has 3 N–H and O–H groups in total. The van der Waals surface area contributed by atoms with Crippen LogP contribution in [0.4, 0.5) is 5.13 Å².